The predicted molar refractivity (Wildman–Crippen MR) is 110 cm³/mol. The smallest absolute Gasteiger partial charge is 0.323 e. The Balaban J connectivity index is 1.58. The van der Waals surface area contributed by atoms with E-state index in [0.717, 1.165) is 41.8 Å². The number of aromatic nitrogens is 1. The molecule has 0 saturated carbocycles. The Morgan fingerprint density at radius 2 is 2.21 bits per heavy atom. The number of methoxy groups -OCH3 is 1. The van der Waals surface area contributed by atoms with Crippen molar-refractivity contribution in [3.63, 3.8) is 0 Å². The Morgan fingerprint density at radius 1 is 1.39 bits per heavy atom. The van der Waals surface area contributed by atoms with Crippen LogP contribution in [0.1, 0.15) is 12.8 Å². The van der Waals surface area contributed by atoms with E-state index < -0.39 is 0 Å². The lowest BCUT2D eigenvalue weighted by molar-refractivity contribution is 0.123. The van der Waals surface area contributed by atoms with Crippen LogP contribution in [0.2, 0.25) is 0 Å². The summed E-state index contributed by atoms with van der Waals surface area (Å²) in [4.78, 5) is 21.4. The molecule has 2 aliphatic rings. The van der Waals surface area contributed by atoms with Crippen LogP contribution in [0.5, 0.6) is 5.75 Å². The number of anilines is 2. The van der Waals surface area contributed by atoms with Crippen LogP contribution in [0.25, 0.3) is 10.2 Å². The van der Waals surface area contributed by atoms with Crippen LogP contribution in [0, 0.1) is 5.92 Å². The normalized spacial score (nSPS) is 20.4. The summed E-state index contributed by atoms with van der Waals surface area (Å²) < 4.78 is 11.9. The standard InChI is InChI=1S/C19H26N4O4S/c1-26-15-5-4-14(22-7-9-27-10-8-22)17-16(15)20-18(28-17)21-19(25)23-6-2-3-13(11-23)12-24/h4-5,13,24H,2-3,6-12H2,1H3,(H,20,21,25). The number of hydrogen-bond acceptors (Lipinski definition) is 7. The van der Waals surface area contributed by atoms with Crippen molar-refractivity contribution in [1.82, 2.24) is 9.88 Å². The van der Waals surface area contributed by atoms with Crippen LogP contribution in [-0.2, 0) is 4.74 Å². The van der Waals surface area contributed by atoms with Crippen molar-refractivity contribution < 1.29 is 19.4 Å². The highest BCUT2D eigenvalue weighted by Crippen LogP contribution is 2.39. The highest BCUT2D eigenvalue weighted by molar-refractivity contribution is 7.23. The number of amides is 2. The van der Waals surface area contributed by atoms with E-state index in [-0.39, 0.29) is 18.6 Å². The van der Waals surface area contributed by atoms with Crippen LogP contribution >= 0.6 is 11.3 Å². The number of nitrogens with zero attached hydrogens (tertiary/aromatic N) is 3. The molecule has 2 fully saturated rings. The number of aliphatic hydroxyl groups is 1. The number of fused-ring (bicyclic) bond motifs is 1. The SMILES string of the molecule is COc1ccc(N2CCOCC2)c2sc(NC(=O)N3CCCC(CO)C3)nc12. The molecule has 2 aliphatic heterocycles. The Labute approximate surface area is 168 Å². The van der Waals surface area contributed by atoms with Gasteiger partial charge in [-0.25, -0.2) is 9.78 Å². The number of urea groups is 1. The second-order valence-electron chi connectivity index (χ2n) is 7.15. The van der Waals surface area contributed by atoms with E-state index in [2.05, 4.69) is 15.2 Å². The Hall–Kier alpha value is -2.10. The van der Waals surface area contributed by atoms with Crippen molar-refractivity contribution in [2.75, 3.05) is 63.3 Å². The Morgan fingerprint density at radius 3 is 2.96 bits per heavy atom. The number of nitrogens with one attached hydrogen (secondary N) is 1. The van der Waals surface area contributed by atoms with E-state index in [0.29, 0.717) is 37.2 Å². The third-order valence-electron chi connectivity index (χ3n) is 5.34. The molecule has 2 amide bonds. The van der Waals surface area contributed by atoms with Gasteiger partial charge in [-0.1, -0.05) is 11.3 Å². The molecule has 2 aromatic rings. The quantitative estimate of drug-likeness (QED) is 0.811. The van der Waals surface area contributed by atoms with E-state index in [1.807, 2.05) is 12.1 Å². The molecule has 1 atom stereocenters. The van der Waals surface area contributed by atoms with Gasteiger partial charge in [0.05, 0.1) is 30.7 Å². The monoisotopic (exact) mass is 406 g/mol. The van der Waals surface area contributed by atoms with Crippen LogP contribution in [0.4, 0.5) is 15.6 Å². The number of morpholine rings is 1. The molecule has 9 heteroatoms. The fraction of sp³-hybridized carbons (Fsp3) is 0.579. The lowest BCUT2D eigenvalue weighted by Gasteiger charge is -2.31. The van der Waals surface area contributed by atoms with E-state index in [9.17, 15) is 9.90 Å². The molecule has 1 unspecified atom stereocenters. The molecule has 28 heavy (non-hydrogen) atoms. The van der Waals surface area contributed by atoms with Crippen molar-refractivity contribution in [2.24, 2.45) is 5.92 Å². The summed E-state index contributed by atoms with van der Waals surface area (Å²) in [6, 6.07) is 3.81. The molecule has 8 nitrogen and oxygen atoms in total. The number of hydrogen-bond donors (Lipinski definition) is 2. The molecule has 2 N–H and O–H groups in total. The van der Waals surface area contributed by atoms with Gasteiger partial charge in [0.25, 0.3) is 0 Å². The van der Waals surface area contributed by atoms with Gasteiger partial charge in [-0.2, -0.15) is 0 Å². The predicted octanol–water partition coefficient (Wildman–Crippen LogP) is 2.38. The third kappa shape index (κ3) is 3.87. The van der Waals surface area contributed by atoms with Crippen molar-refractivity contribution in [2.45, 2.75) is 12.8 Å². The van der Waals surface area contributed by atoms with Gasteiger partial charge in [-0.3, -0.25) is 5.32 Å². The summed E-state index contributed by atoms with van der Waals surface area (Å²) >= 11 is 1.46. The number of carbonyl (C=O) groups excluding carboxylic acids is 1. The highest BCUT2D eigenvalue weighted by Gasteiger charge is 2.25. The second kappa shape index (κ2) is 8.50. The van der Waals surface area contributed by atoms with Crippen LogP contribution < -0.4 is 15.0 Å². The topological polar surface area (TPSA) is 87.2 Å². The summed E-state index contributed by atoms with van der Waals surface area (Å²) in [5.41, 5.74) is 1.86. The number of aliphatic hydroxyl groups excluding tert-OH is 1. The van der Waals surface area contributed by atoms with Crippen LogP contribution in [0.15, 0.2) is 12.1 Å². The minimum atomic E-state index is -0.163. The zero-order valence-electron chi connectivity index (χ0n) is 16.0. The summed E-state index contributed by atoms with van der Waals surface area (Å²) in [7, 11) is 1.63. The van der Waals surface area contributed by atoms with Gasteiger partial charge in [0, 0.05) is 32.8 Å². The average Bonchev–Trinajstić information content (AvgIpc) is 3.17. The van der Waals surface area contributed by atoms with Gasteiger partial charge in [0.2, 0.25) is 0 Å². The van der Waals surface area contributed by atoms with E-state index in [1.165, 1.54) is 11.3 Å². The molecule has 0 spiro atoms. The van der Waals surface area contributed by atoms with E-state index in [1.54, 1.807) is 12.0 Å². The maximum atomic E-state index is 12.7. The number of piperidine rings is 1. The molecule has 1 aromatic carbocycles. The Bertz CT molecular complexity index is 837. The molecule has 3 heterocycles. The zero-order valence-corrected chi connectivity index (χ0v) is 16.8. The molecular weight excluding hydrogens is 380 g/mol. The average molecular weight is 407 g/mol. The first-order valence-electron chi connectivity index (χ1n) is 9.66. The van der Waals surface area contributed by atoms with E-state index >= 15 is 0 Å². The van der Waals surface area contributed by atoms with Gasteiger partial charge in [0.1, 0.15) is 11.3 Å². The molecule has 4 rings (SSSR count). The lowest BCUT2D eigenvalue weighted by Crippen LogP contribution is -2.43. The number of thiazole rings is 1. The van der Waals surface area contributed by atoms with Crippen molar-refractivity contribution in [3.05, 3.63) is 12.1 Å². The van der Waals surface area contributed by atoms with Gasteiger partial charge >= 0.3 is 6.03 Å². The summed E-state index contributed by atoms with van der Waals surface area (Å²) in [6.45, 7) is 4.47. The van der Waals surface area contributed by atoms with Crippen molar-refractivity contribution in [3.8, 4) is 5.75 Å². The van der Waals surface area contributed by atoms with Gasteiger partial charge in [0.15, 0.2) is 5.13 Å². The van der Waals surface area contributed by atoms with Gasteiger partial charge in [-0.15, -0.1) is 0 Å². The zero-order chi connectivity index (χ0) is 19.5. The second-order valence-corrected chi connectivity index (χ2v) is 8.15. The number of likely N-dealkylation sites (tertiary alicyclic amines) is 1. The number of rotatable bonds is 4. The van der Waals surface area contributed by atoms with Gasteiger partial charge in [-0.05, 0) is 30.9 Å². The number of carbonyl (C=O) groups is 1. The summed E-state index contributed by atoms with van der Waals surface area (Å²) in [5, 5.41) is 12.9. The van der Waals surface area contributed by atoms with Crippen molar-refractivity contribution in [1.29, 1.82) is 0 Å². The van der Waals surface area contributed by atoms with Crippen LogP contribution in [-0.4, -0.2) is 74.1 Å². The number of benzene rings is 1. The maximum Gasteiger partial charge on any atom is 0.323 e. The third-order valence-corrected chi connectivity index (χ3v) is 6.33. The Kier molecular flexibility index (Phi) is 5.84. The molecular formula is C19H26N4O4S. The van der Waals surface area contributed by atoms with E-state index in [4.69, 9.17) is 9.47 Å². The van der Waals surface area contributed by atoms with Gasteiger partial charge < -0.3 is 24.4 Å². The first kappa shape index (κ1) is 19.2. The minimum Gasteiger partial charge on any atom is -0.494 e. The lowest BCUT2D eigenvalue weighted by atomic mass is 9.99. The largest absolute Gasteiger partial charge is 0.494 e. The maximum absolute atomic E-state index is 12.7. The summed E-state index contributed by atoms with van der Waals surface area (Å²) in [5.74, 6) is 0.852. The number of ether oxygens (including phenoxy) is 2. The fourth-order valence-electron chi connectivity index (χ4n) is 3.81. The molecule has 0 aliphatic carbocycles. The highest BCUT2D eigenvalue weighted by atomic mass is 32.1. The van der Waals surface area contributed by atoms with Crippen molar-refractivity contribution >= 4 is 38.4 Å². The summed E-state index contributed by atoms with van der Waals surface area (Å²) in [6.07, 6.45) is 1.87. The molecule has 0 radical (unpaired) electrons. The molecule has 0 bridgehead atoms. The van der Waals surface area contributed by atoms with Crippen LogP contribution in [0.3, 0.4) is 0 Å². The first-order valence-corrected chi connectivity index (χ1v) is 10.5. The fourth-order valence-corrected chi connectivity index (χ4v) is 4.82. The minimum absolute atomic E-state index is 0.116. The first-order chi connectivity index (χ1) is 13.7. The molecule has 1 aromatic heterocycles. The molecule has 152 valence electrons. The molecule has 2 saturated heterocycles.